The summed E-state index contributed by atoms with van der Waals surface area (Å²) in [7, 11) is 0. The summed E-state index contributed by atoms with van der Waals surface area (Å²) in [6.07, 6.45) is 18.0. The Labute approximate surface area is 299 Å². The maximum absolute atomic E-state index is 4.97. The lowest BCUT2D eigenvalue weighted by Gasteiger charge is -2.56. The third-order valence-corrected chi connectivity index (χ3v) is 12.5. The van der Waals surface area contributed by atoms with Crippen molar-refractivity contribution in [3.63, 3.8) is 0 Å². The Morgan fingerprint density at radius 1 is 1.00 bits per heavy atom. The largest absolute Gasteiger partial charge is 0.370 e. The van der Waals surface area contributed by atoms with Crippen molar-refractivity contribution in [3.05, 3.63) is 89.4 Å². The molecule has 1 aromatic carbocycles. The number of anilines is 1. The summed E-state index contributed by atoms with van der Waals surface area (Å²) in [6, 6.07) is 11.6. The fourth-order valence-electron chi connectivity index (χ4n) is 8.57. The zero-order valence-electron chi connectivity index (χ0n) is 32.3. The van der Waals surface area contributed by atoms with Gasteiger partial charge in [-0.2, -0.15) is 0 Å². The number of aromatic nitrogens is 1. The summed E-state index contributed by atoms with van der Waals surface area (Å²) in [5, 5.41) is 0. The maximum Gasteiger partial charge on any atom is 0.133 e. The normalized spacial score (nSPS) is 23.6. The highest BCUT2D eigenvalue weighted by molar-refractivity contribution is 5.97. The van der Waals surface area contributed by atoms with Crippen LogP contribution in [0.15, 0.2) is 72.1 Å². The number of hydrogen-bond donors (Lipinski definition) is 0. The molecular formula is C45H66N4. The van der Waals surface area contributed by atoms with Crippen LogP contribution in [0, 0.1) is 30.6 Å². The van der Waals surface area contributed by atoms with Gasteiger partial charge in [-0.15, -0.1) is 0 Å². The van der Waals surface area contributed by atoms with Crippen molar-refractivity contribution in [1.29, 1.82) is 0 Å². The number of likely N-dealkylation sites (tertiary alicyclic amines) is 1. The molecule has 2 aromatic rings. The van der Waals surface area contributed by atoms with Gasteiger partial charge in [-0.05, 0) is 131 Å². The second kappa shape index (κ2) is 16.3. The van der Waals surface area contributed by atoms with E-state index in [1.54, 1.807) is 5.56 Å². The van der Waals surface area contributed by atoms with Crippen LogP contribution in [-0.2, 0) is 6.42 Å². The quantitative estimate of drug-likeness (QED) is 0.254. The highest BCUT2D eigenvalue weighted by atomic mass is 15.3. The van der Waals surface area contributed by atoms with Crippen molar-refractivity contribution < 1.29 is 0 Å². The fraction of sp³-hybridized carbons (Fsp3) is 0.600. The van der Waals surface area contributed by atoms with Crippen molar-refractivity contribution in [2.24, 2.45) is 28.7 Å². The van der Waals surface area contributed by atoms with Crippen LogP contribution in [0.5, 0.6) is 0 Å². The number of benzene rings is 1. The number of rotatable bonds is 10. The lowest BCUT2D eigenvalue weighted by Crippen LogP contribution is -2.61. The van der Waals surface area contributed by atoms with Gasteiger partial charge in [-0.25, -0.2) is 4.98 Å². The van der Waals surface area contributed by atoms with E-state index in [2.05, 4.69) is 108 Å². The Kier molecular flexibility index (Phi) is 12.3. The van der Waals surface area contributed by atoms with Gasteiger partial charge < -0.3 is 9.80 Å². The standard InChI is InChI=1S/C36H49N3.C9H17N/c1-6-29-16-17-32(22-26(29)4)31-14-12-28(13-15-31)24-39(27(5)30-10-8-7-9-11-30)36-23-33(20-21-37-36)35-19-18-34(38-35)25(2)3;1-7(2)10-6-8(3)9(10,4)5/h16-17,19-23,25,28,30-31H,5-15,18,24H2,1-4H3;8H,1,6H2,2-5H3. The van der Waals surface area contributed by atoms with Crippen molar-refractivity contribution in [2.45, 2.75) is 137 Å². The van der Waals surface area contributed by atoms with Crippen LogP contribution < -0.4 is 4.90 Å². The van der Waals surface area contributed by atoms with E-state index in [-0.39, 0.29) is 0 Å². The van der Waals surface area contributed by atoms with Crippen molar-refractivity contribution >= 4 is 17.2 Å². The Balaban J connectivity index is 0.000000402. The third kappa shape index (κ3) is 8.78. The number of aliphatic imine (C=N–C) groups is 1. The number of allylic oxidation sites excluding steroid dienone is 3. The predicted molar refractivity (Wildman–Crippen MR) is 212 cm³/mol. The van der Waals surface area contributed by atoms with Gasteiger partial charge in [0, 0.05) is 53.9 Å². The minimum absolute atomic E-state index is 0.353. The first-order chi connectivity index (χ1) is 23.4. The van der Waals surface area contributed by atoms with Crippen molar-refractivity contribution in [3.8, 4) is 0 Å². The first-order valence-corrected chi connectivity index (χ1v) is 19.6. The molecule has 2 aliphatic heterocycles. The molecule has 1 unspecified atom stereocenters. The SMILES string of the molecule is C=C(C)N1CC(C)C1(C)C.C=C(C1CCCCC1)N(CC1CCC(c2ccc(CC)c(C)c2)CC1)c1cc(C2=CCC(C(C)C)=N2)ccn1. The Morgan fingerprint density at radius 2 is 1.71 bits per heavy atom. The number of hydrogen-bond acceptors (Lipinski definition) is 4. The minimum atomic E-state index is 0.353. The molecule has 2 aliphatic carbocycles. The molecule has 49 heavy (non-hydrogen) atoms. The number of nitrogens with zero attached hydrogens (tertiary/aromatic N) is 4. The second-order valence-electron chi connectivity index (χ2n) is 16.5. The molecule has 4 nitrogen and oxygen atoms in total. The van der Waals surface area contributed by atoms with Crippen molar-refractivity contribution in [2.75, 3.05) is 18.0 Å². The molecule has 1 atom stereocenters. The van der Waals surface area contributed by atoms with E-state index < -0.39 is 0 Å². The summed E-state index contributed by atoms with van der Waals surface area (Å²) < 4.78 is 0. The van der Waals surface area contributed by atoms with Crippen LogP contribution in [-0.4, -0.2) is 34.2 Å². The van der Waals surface area contributed by atoms with Gasteiger partial charge >= 0.3 is 0 Å². The van der Waals surface area contributed by atoms with E-state index in [0.29, 0.717) is 29.2 Å². The van der Waals surface area contributed by atoms with E-state index in [1.165, 1.54) is 98.1 Å². The number of aryl methyl sites for hydroxylation is 2. The predicted octanol–water partition coefficient (Wildman–Crippen LogP) is 11.9. The van der Waals surface area contributed by atoms with Gasteiger partial charge in [-0.3, -0.25) is 4.99 Å². The molecule has 6 rings (SSSR count). The average Bonchev–Trinajstić information content (AvgIpc) is 3.61. The molecule has 0 spiro atoms. The molecule has 4 aliphatic rings. The van der Waals surface area contributed by atoms with Crippen LogP contribution in [0.3, 0.4) is 0 Å². The monoisotopic (exact) mass is 663 g/mol. The van der Waals surface area contributed by atoms with Gasteiger partial charge in [0.05, 0.1) is 5.70 Å². The van der Waals surface area contributed by atoms with Gasteiger partial charge in [0.25, 0.3) is 0 Å². The molecule has 0 radical (unpaired) electrons. The van der Waals surface area contributed by atoms with Gasteiger partial charge in [0.2, 0.25) is 0 Å². The average molecular weight is 663 g/mol. The summed E-state index contributed by atoms with van der Waals surface area (Å²) in [5.74, 6) is 4.32. The molecule has 0 N–H and O–H groups in total. The molecular weight excluding hydrogens is 597 g/mol. The van der Waals surface area contributed by atoms with Gasteiger partial charge in [0.15, 0.2) is 0 Å². The fourth-order valence-corrected chi connectivity index (χ4v) is 8.57. The first kappa shape index (κ1) is 37.1. The summed E-state index contributed by atoms with van der Waals surface area (Å²) >= 11 is 0. The van der Waals surface area contributed by atoms with Crippen LogP contribution in [0.2, 0.25) is 0 Å². The second-order valence-corrected chi connectivity index (χ2v) is 16.5. The van der Waals surface area contributed by atoms with Gasteiger partial charge in [-0.1, -0.05) is 84.4 Å². The third-order valence-electron chi connectivity index (χ3n) is 12.5. The van der Waals surface area contributed by atoms with E-state index in [1.807, 2.05) is 6.20 Å². The highest BCUT2D eigenvalue weighted by Gasteiger charge is 2.42. The molecule has 0 bridgehead atoms. The van der Waals surface area contributed by atoms with Crippen molar-refractivity contribution in [1.82, 2.24) is 9.88 Å². The molecule has 1 aromatic heterocycles. The van der Waals surface area contributed by atoms with E-state index >= 15 is 0 Å². The van der Waals surface area contributed by atoms with Crippen LogP contribution in [0.4, 0.5) is 5.82 Å². The van der Waals surface area contributed by atoms with Crippen LogP contribution >= 0.6 is 0 Å². The summed E-state index contributed by atoms with van der Waals surface area (Å²) in [5.41, 5.74) is 10.9. The molecule has 4 heteroatoms. The van der Waals surface area contributed by atoms with Gasteiger partial charge in [0.1, 0.15) is 5.82 Å². The Morgan fingerprint density at radius 3 is 2.27 bits per heavy atom. The molecule has 3 heterocycles. The maximum atomic E-state index is 4.97. The summed E-state index contributed by atoms with van der Waals surface area (Å²) in [4.78, 5) is 14.8. The molecule has 2 saturated carbocycles. The molecule has 0 amide bonds. The number of pyridine rings is 1. The highest BCUT2D eigenvalue weighted by Crippen LogP contribution is 2.40. The Bertz CT molecular complexity index is 1510. The smallest absolute Gasteiger partial charge is 0.133 e. The topological polar surface area (TPSA) is 31.7 Å². The first-order valence-electron chi connectivity index (χ1n) is 19.6. The van der Waals surface area contributed by atoms with E-state index in [4.69, 9.17) is 16.6 Å². The zero-order chi connectivity index (χ0) is 35.3. The molecule has 1 saturated heterocycles. The lowest BCUT2D eigenvalue weighted by molar-refractivity contribution is -0.0143. The van der Waals surface area contributed by atoms with Crippen LogP contribution in [0.1, 0.15) is 141 Å². The zero-order valence-corrected chi connectivity index (χ0v) is 32.3. The Hall–Kier alpha value is -3.14. The molecule has 266 valence electrons. The van der Waals surface area contributed by atoms with E-state index in [0.717, 1.165) is 36.8 Å². The minimum Gasteiger partial charge on any atom is -0.370 e. The lowest BCUT2D eigenvalue weighted by atomic mass is 9.77. The van der Waals surface area contributed by atoms with Crippen LogP contribution in [0.25, 0.3) is 5.70 Å². The summed E-state index contributed by atoms with van der Waals surface area (Å²) in [6.45, 7) is 28.8. The molecule has 3 fully saturated rings. The van der Waals surface area contributed by atoms with E-state index in [9.17, 15) is 0 Å².